The number of carbonyl (C=O) groups is 2. The van der Waals surface area contributed by atoms with E-state index in [0.717, 1.165) is 0 Å². The molecule has 1 rings (SSSR count). The third kappa shape index (κ3) is 6.03. The molecule has 0 spiro atoms. The van der Waals surface area contributed by atoms with Crippen LogP contribution in [-0.4, -0.2) is 36.9 Å². The molecule has 6 nitrogen and oxygen atoms in total. The number of aliphatic carboxylic acids is 1. The smallest absolute Gasteiger partial charge is 0.326 e. The van der Waals surface area contributed by atoms with E-state index in [-0.39, 0.29) is 0 Å². The third-order valence-corrected chi connectivity index (χ3v) is 3.97. The monoisotopic (exact) mass is 422 g/mol. The van der Waals surface area contributed by atoms with E-state index in [9.17, 15) is 9.59 Å². The first-order valence-electron chi connectivity index (χ1n) is 6.19. The molecule has 0 heterocycles. The van der Waals surface area contributed by atoms with Gasteiger partial charge >= 0.3 is 12.0 Å². The Morgan fingerprint density at radius 2 is 1.95 bits per heavy atom. The number of amides is 2. The fourth-order valence-electron chi connectivity index (χ4n) is 1.61. The summed E-state index contributed by atoms with van der Waals surface area (Å²) in [5.74, 6) is -1.08. The first-order chi connectivity index (χ1) is 9.95. The minimum absolute atomic E-state index is 0.299. The van der Waals surface area contributed by atoms with Gasteiger partial charge < -0.3 is 20.5 Å². The summed E-state index contributed by atoms with van der Waals surface area (Å²) in [6, 6.07) is 3.82. The van der Waals surface area contributed by atoms with E-state index < -0.39 is 18.0 Å². The Morgan fingerprint density at radius 3 is 2.48 bits per heavy atom. The topological polar surface area (TPSA) is 87.7 Å². The van der Waals surface area contributed by atoms with Gasteiger partial charge in [-0.3, -0.25) is 0 Å². The summed E-state index contributed by atoms with van der Waals surface area (Å²) < 4.78 is 6.26. The molecule has 0 aliphatic carbocycles. The summed E-state index contributed by atoms with van der Waals surface area (Å²) in [5, 5.41) is 14.1. The lowest BCUT2D eigenvalue weighted by Crippen LogP contribution is -2.43. The number of anilines is 1. The second-order valence-electron chi connectivity index (χ2n) is 4.22. The van der Waals surface area contributed by atoms with Crippen molar-refractivity contribution in [3.63, 3.8) is 0 Å². The molecule has 0 radical (unpaired) electrons. The molecule has 0 saturated carbocycles. The van der Waals surface area contributed by atoms with E-state index in [4.69, 9.17) is 9.84 Å². The van der Waals surface area contributed by atoms with Crippen LogP contribution in [0.5, 0.6) is 0 Å². The van der Waals surface area contributed by atoms with Gasteiger partial charge in [0, 0.05) is 22.7 Å². The van der Waals surface area contributed by atoms with E-state index in [2.05, 4.69) is 42.5 Å². The van der Waals surface area contributed by atoms with Gasteiger partial charge in [-0.1, -0.05) is 6.07 Å². The molecule has 0 aliphatic heterocycles. The Morgan fingerprint density at radius 1 is 1.33 bits per heavy atom. The van der Waals surface area contributed by atoms with Crippen molar-refractivity contribution in [2.75, 3.05) is 19.0 Å². The van der Waals surface area contributed by atoms with E-state index >= 15 is 0 Å². The molecule has 0 saturated heterocycles. The van der Waals surface area contributed by atoms with Crippen LogP contribution in [0.15, 0.2) is 27.1 Å². The zero-order chi connectivity index (χ0) is 15.8. The molecule has 1 atom stereocenters. The first kappa shape index (κ1) is 17.9. The largest absolute Gasteiger partial charge is 0.480 e. The number of methoxy groups -OCH3 is 1. The molecular weight excluding hydrogens is 408 g/mol. The highest BCUT2D eigenvalue weighted by Crippen LogP contribution is 2.30. The molecule has 8 heteroatoms. The van der Waals surface area contributed by atoms with E-state index in [1.807, 2.05) is 6.07 Å². The van der Waals surface area contributed by atoms with Gasteiger partial charge in [0.15, 0.2) is 0 Å². The maximum atomic E-state index is 11.9. The lowest BCUT2D eigenvalue weighted by molar-refractivity contribution is -0.139. The van der Waals surface area contributed by atoms with Crippen LogP contribution in [0.2, 0.25) is 0 Å². The molecule has 21 heavy (non-hydrogen) atoms. The number of nitrogens with one attached hydrogen (secondary N) is 2. The fourth-order valence-corrected chi connectivity index (χ4v) is 2.81. The molecule has 0 bridgehead atoms. The van der Waals surface area contributed by atoms with Gasteiger partial charge in [0.2, 0.25) is 0 Å². The van der Waals surface area contributed by atoms with Crippen LogP contribution in [0.1, 0.15) is 12.8 Å². The second kappa shape index (κ2) is 9.01. The van der Waals surface area contributed by atoms with Crippen LogP contribution in [0, 0.1) is 0 Å². The van der Waals surface area contributed by atoms with Gasteiger partial charge in [-0.2, -0.15) is 0 Å². The maximum absolute atomic E-state index is 11.9. The number of ether oxygens (including phenoxy) is 1. The number of para-hydroxylation sites is 1. The predicted octanol–water partition coefficient (Wildman–Crippen LogP) is 3.21. The van der Waals surface area contributed by atoms with Gasteiger partial charge in [-0.15, -0.1) is 0 Å². The van der Waals surface area contributed by atoms with Gasteiger partial charge in [-0.05, 0) is 56.8 Å². The average molecular weight is 424 g/mol. The summed E-state index contributed by atoms with van der Waals surface area (Å²) in [4.78, 5) is 23.0. The fraction of sp³-hybridized carbons (Fsp3) is 0.385. The number of carboxylic acids is 1. The maximum Gasteiger partial charge on any atom is 0.326 e. The minimum Gasteiger partial charge on any atom is -0.480 e. The molecule has 0 fully saturated rings. The average Bonchev–Trinajstić information content (AvgIpc) is 2.42. The van der Waals surface area contributed by atoms with Crippen molar-refractivity contribution in [2.24, 2.45) is 0 Å². The summed E-state index contributed by atoms with van der Waals surface area (Å²) >= 11 is 6.63. The number of benzene rings is 1. The summed E-state index contributed by atoms with van der Waals surface area (Å²) in [6.45, 7) is 0.447. The minimum atomic E-state index is -1.08. The highest BCUT2D eigenvalue weighted by molar-refractivity contribution is 9.11. The normalized spacial score (nSPS) is 11.8. The van der Waals surface area contributed by atoms with Crippen molar-refractivity contribution < 1.29 is 19.4 Å². The van der Waals surface area contributed by atoms with Crippen molar-refractivity contribution in [2.45, 2.75) is 18.9 Å². The Kier molecular flexibility index (Phi) is 7.69. The zero-order valence-electron chi connectivity index (χ0n) is 11.4. The highest BCUT2D eigenvalue weighted by atomic mass is 79.9. The highest BCUT2D eigenvalue weighted by Gasteiger charge is 2.20. The number of hydrogen-bond donors (Lipinski definition) is 3. The first-order valence-corrected chi connectivity index (χ1v) is 7.77. The number of urea groups is 1. The van der Waals surface area contributed by atoms with Crippen molar-refractivity contribution in [3.05, 3.63) is 27.1 Å². The summed E-state index contributed by atoms with van der Waals surface area (Å²) in [7, 11) is 1.54. The molecule has 0 aromatic heterocycles. The van der Waals surface area contributed by atoms with Crippen molar-refractivity contribution in [1.82, 2.24) is 5.32 Å². The van der Waals surface area contributed by atoms with Crippen LogP contribution in [0.4, 0.5) is 10.5 Å². The standard InChI is InChI=1S/C13H16Br2N2O4/c1-21-7-3-6-10(12(18)19)16-13(20)17-11-8(14)4-2-5-9(11)15/h2,4-5,10H,3,6-7H2,1H3,(H,18,19)(H2,16,17,20). The van der Waals surface area contributed by atoms with Crippen LogP contribution in [0.25, 0.3) is 0 Å². The lowest BCUT2D eigenvalue weighted by Gasteiger charge is -2.16. The van der Waals surface area contributed by atoms with Gasteiger partial charge in [0.1, 0.15) is 6.04 Å². The number of carbonyl (C=O) groups excluding carboxylic acids is 1. The molecule has 3 N–H and O–H groups in total. The van der Waals surface area contributed by atoms with E-state index in [1.54, 1.807) is 19.2 Å². The predicted molar refractivity (Wildman–Crippen MR) is 86.5 cm³/mol. The van der Waals surface area contributed by atoms with Crippen LogP contribution >= 0.6 is 31.9 Å². The summed E-state index contributed by atoms with van der Waals surface area (Å²) in [6.07, 6.45) is 0.847. The van der Waals surface area contributed by atoms with Gasteiger partial charge in [-0.25, -0.2) is 9.59 Å². The number of carboxylic acid groups (broad SMARTS) is 1. The van der Waals surface area contributed by atoms with Crippen LogP contribution in [0.3, 0.4) is 0 Å². The Balaban J connectivity index is 2.63. The quantitative estimate of drug-likeness (QED) is 0.587. The lowest BCUT2D eigenvalue weighted by atomic mass is 10.1. The van der Waals surface area contributed by atoms with Gasteiger partial charge in [0.05, 0.1) is 5.69 Å². The Hall–Kier alpha value is -1.12. The van der Waals surface area contributed by atoms with E-state index in [1.165, 1.54) is 0 Å². The number of halogens is 2. The van der Waals surface area contributed by atoms with Crippen molar-refractivity contribution in [3.8, 4) is 0 Å². The Bertz CT molecular complexity index is 491. The SMILES string of the molecule is COCCCC(NC(=O)Nc1c(Br)cccc1Br)C(=O)O. The molecule has 1 aromatic rings. The molecular formula is C13H16Br2N2O4. The molecule has 1 unspecified atom stereocenters. The second-order valence-corrected chi connectivity index (χ2v) is 5.93. The molecule has 2 amide bonds. The van der Waals surface area contributed by atoms with E-state index in [0.29, 0.717) is 34.1 Å². The van der Waals surface area contributed by atoms with Crippen LogP contribution in [-0.2, 0) is 9.53 Å². The van der Waals surface area contributed by atoms with Gasteiger partial charge in [0.25, 0.3) is 0 Å². The van der Waals surface area contributed by atoms with Crippen molar-refractivity contribution >= 4 is 49.5 Å². The Labute approximate surface area is 139 Å². The molecule has 1 aromatic carbocycles. The summed E-state index contributed by atoms with van der Waals surface area (Å²) in [5.41, 5.74) is 0.538. The number of hydrogen-bond acceptors (Lipinski definition) is 3. The molecule has 116 valence electrons. The number of rotatable bonds is 7. The van der Waals surface area contributed by atoms with Crippen molar-refractivity contribution in [1.29, 1.82) is 0 Å². The molecule has 0 aliphatic rings. The third-order valence-electron chi connectivity index (χ3n) is 2.65. The van der Waals surface area contributed by atoms with Crippen LogP contribution < -0.4 is 10.6 Å². The zero-order valence-corrected chi connectivity index (χ0v) is 14.5.